The first-order valence-electron chi connectivity index (χ1n) is 6.22. The molecule has 1 fully saturated rings. The minimum Gasteiger partial charge on any atom is -0.370 e. The highest BCUT2D eigenvalue weighted by Gasteiger charge is 2.26. The second-order valence-electron chi connectivity index (χ2n) is 4.62. The van der Waals surface area contributed by atoms with Gasteiger partial charge in [0.2, 0.25) is 0 Å². The molecule has 0 bridgehead atoms. The lowest BCUT2D eigenvalue weighted by Gasteiger charge is -2.24. The minimum atomic E-state index is 0.614. The summed E-state index contributed by atoms with van der Waals surface area (Å²) in [6.07, 6.45) is 3.86. The van der Waals surface area contributed by atoms with E-state index in [1.165, 1.54) is 30.5 Å². The van der Waals surface area contributed by atoms with Crippen LogP contribution in [0.15, 0.2) is 0 Å². The van der Waals surface area contributed by atoms with Crippen LogP contribution < -0.4 is 10.6 Å². The SMILES string of the molecule is CCNc1nc(C2CCC2)nc2c1CNC2. The molecule has 1 aromatic rings. The average Bonchev–Trinajstić information content (AvgIpc) is 2.63. The molecule has 3 rings (SSSR count). The molecule has 0 amide bonds. The zero-order chi connectivity index (χ0) is 11.0. The van der Waals surface area contributed by atoms with Crippen molar-refractivity contribution in [1.29, 1.82) is 0 Å². The molecule has 2 N–H and O–H groups in total. The van der Waals surface area contributed by atoms with Crippen molar-refractivity contribution in [3.05, 3.63) is 17.1 Å². The highest BCUT2D eigenvalue weighted by molar-refractivity contribution is 5.48. The summed E-state index contributed by atoms with van der Waals surface area (Å²) in [5.41, 5.74) is 2.47. The monoisotopic (exact) mass is 218 g/mol. The van der Waals surface area contributed by atoms with E-state index in [9.17, 15) is 0 Å². The van der Waals surface area contributed by atoms with E-state index in [-0.39, 0.29) is 0 Å². The third-order valence-corrected chi connectivity index (χ3v) is 3.52. The summed E-state index contributed by atoms with van der Waals surface area (Å²) in [6.45, 7) is 4.84. The van der Waals surface area contributed by atoms with Gasteiger partial charge in [-0.3, -0.25) is 0 Å². The summed E-state index contributed by atoms with van der Waals surface area (Å²) in [4.78, 5) is 9.40. The largest absolute Gasteiger partial charge is 0.370 e. The molecule has 4 nitrogen and oxygen atoms in total. The highest BCUT2D eigenvalue weighted by atomic mass is 15.1. The van der Waals surface area contributed by atoms with Crippen LogP contribution in [-0.2, 0) is 13.1 Å². The van der Waals surface area contributed by atoms with E-state index >= 15 is 0 Å². The number of aromatic nitrogens is 2. The maximum Gasteiger partial charge on any atom is 0.134 e. The molecule has 0 atom stereocenters. The van der Waals surface area contributed by atoms with Crippen molar-refractivity contribution >= 4 is 5.82 Å². The summed E-state index contributed by atoms with van der Waals surface area (Å²) < 4.78 is 0. The molecule has 4 heteroatoms. The summed E-state index contributed by atoms with van der Waals surface area (Å²) >= 11 is 0. The van der Waals surface area contributed by atoms with E-state index in [0.717, 1.165) is 31.3 Å². The first kappa shape index (κ1) is 10.0. The lowest BCUT2D eigenvalue weighted by atomic mass is 9.85. The maximum atomic E-state index is 4.70. The average molecular weight is 218 g/mol. The molecule has 1 saturated carbocycles. The highest BCUT2D eigenvalue weighted by Crippen LogP contribution is 2.36. The fourth-order valence-electron chi connectivity index (χ4n) is 2.35. The van der Waals surface area contributed by atoms with Gasteiger partial charge in [-0.05, 0) is 19.8 Å². The third kappa shape index (κ3) is 1.57. The normalized spacial score (nSPS) is 19.3. The molecule has 0 aromatic carbocycles. The van der Waals surface area contributed by atoms with Crippen molar-refractivity contribution in [2.45, 2.75) is 45.2 Å². The molecule has 2 aliphatic rings. The molecular formula is C12H18N4. The molecule has 1 aliphatic heterocycles. The molecule has 16 heavy (non-hydrogen) atoms. The summed E-state index contributed by atoms with van der Waals surface area (Å²) in [6, 6.07) is 0. The second kappa shape index (κ2) is 4.01. The van der Waals surface area contributed by atoms with Crippen LogP contribution in [0.3, 0.4) is 0 Å². The fraction of sp³-hybridized carbons (Fsp3) is 0.667. The molecular weight excluding hydrogens is 200 g/mol. The number of hydrogen-bond acceptors (Lipinski definition) is 4. The van der Waals surface area contributed by atoms with E-state index in [0.29, 0.717) is 5.92 Å². The minimum absolute atomic E-state index is 0.614. The van der Waals surface area contributed by atoms with Crippen LogP contribution in [0.5, 0.6) is 0 Å². The van der Waals surface area contributed by atoms with Crippen LogP contribution in [0.25, 0.3) is 0 Å². The van der Waals surface area contributed by atoms with E-state index in [4.69, 9.17) is 9.97 Å². The topological polar surface area (TPSA) is 49.8 Å². The Morgan fingerprint density at radius 2 is 2.19 bits per heavy atom. The van der Waals surface area contributed by atoms with Gasteiger partial charge in [-0.25, -0.2) is 9.97 Å². The van der Waals surface area contributed by atoms with Crippen LogP contribution in [0, 0.1) is 0 Å². The second-order valence-corrected chi connectivity index (χ2v) is 4.62. The predicted octanol–water partition coefficient (Wildman–Crippen LogP) is 1.78. The molecule has 1 aromatic heterocycles. The van der Waals surface area contributed by atoms with Crippen molar-refractivity contribution in [3.8, 4) is 0 Å². The quantitative estimate of drug-likeness (QED) is 0.812. The van der Waals surface area contributed by atoms with Crippen molar-refractivity contribution in [2.24, 2.45) is 0 Å². The van der Waals surface area contributed by atoms with Gasteiger partial charge in [-0.15, -0.1) is 0 Å². The van der Waals surface area contributed by atoms with Gasteiger partial charge in [0.05, 0.1) is 5.69 Å². The molecule has 2 heterocycles. The first-order chi connectivity index (χ1) is 7.88. The smallest absolute Gasteiger partial charge is 0.134 e. The Kier molecular flexibility index (Phi) is 2.52. The van der Waals surface area contributed by atoms with E-state index in [1.807, 2.05) is 0 Å². The Bertz CT molecular complexity index is 398. The Labute approximate surface area is 95.9 Å². The van der Waals surface area contributed by atoms with Crippen molar-refractivity contribution in [1.82, 2.24) is 15.3 Å². The number of nitrogens with one attached hydrogen (secondary N) is 2. The van der Waals surface area contributed by atoms with Crippen LogP contribution in [0.2, 0.25) is 0 Å². The van der Waals surface area contributed by atoms with Crippen molar-refractivity contribution in [2.75, 3.05) is 11.9 Å². The van der Waals surface area contributed by atoms with Crippen LogP contribution in [0.4, 0.5) is 5.82 Å². The van der Waals surface area contributed by atoms with E-state index in [1.54, 1.807) is 0 Å². The van der Waals surface area contributed by atoms with Gasteiger partial charge in [0.1, 0.15) is 11.6 Å². The molecule has 0 radical (unpaired) electrons. The van der Waals surface area contributed by atoms with Crippen LogP contribution in [0.1, 0.15) is 49.2 Å². The number of anilines is 1. The zero-order valence-electron chi connectivity index (χ0n) is 9.71. The van der Waals surface area contributed by atoms with Gasteiger partial charge in [0, 0.05) is 31.1 Å². The molecule has 1 aliphatic carbocycles. The van der Waals surface area contributed by atoms with Gasteiger partial charge in [0.25, 0.3) is 0 Å². The van der Waals surface area contributed by atoms with E-state index < -0.39 is 0 Å². The number of hydrogen-bond donors (Lipinski definition) is 2. The number of nitrogens with zero attached hydrogens (tertiary/aromatic N) is 2. The third-order valence-electron chi connectivity index (χ3n) is 3.52. The number of rotatable bonds is 3. The fourth-order valence-corrected chi connectivity index (χ4v) is 2.35. The standard InChI is InChI=1S/C12H18N4/c1-2-14-12-9-6-13-7-10(9)15-11(16-12)8-4-3-5-8/h8,13H,2-7H2,1H3,(H,14,15,16). The molecule has 0 saturated heterocycles. The van der Waals surface area contributed by atoms with Gasteiger partial charge in [0.15, 0.2) is 0 Å². The maximum absolute atomic E-state index is 4.70. The summed E-state index contributed by atoms with van der Waals surface area (Å²) in [7, 11) is 0. The Morgan fingerprint density at radius 1 is 1.31 bits per heavy atom. The van der Waals surface area contributed by atoms with Crippen molar-refractivity contribution in [3.63, 3.8) is 0 Å². The van der Waals surface area contributed by atoms with Gasteiger partial charge in [-0.2, -0.15) is 0 Å². The summed E-state index contributed by atoms with van der Waals surface area (Å²) in [5.74, 6) is 2.73. The van der Waals surface area contributed by atoms with E-state index in [2.05, 4.69) is 17.6 Å². The van der Waals surface area contributed by atoms with Crippen molar-refractivity contribution < 1.29 is 0 Å². The molecule has 0 spiro atoms. The zero-order valence-corrected chi connectivity index (χ0v) is 9.71. The summed E-state index contributed by atoms with van der Waals surface area (Å²) in [5, 5.41) is 6.71. The predicted molar refractivity (Wildman–Crippen MR) is 63.3 cm³/mol. The van der Waals surface area contributed by atoms with Gasteiger partial charge in [-0.1, -0.05) is 6.42 Å². The van der Waals surface area contributed by atoms with Gasteiger partial charge < -0.3 is 10.6 Å². The number of fused-ring (bicyclic) bond motifs is 1. The van der Waals surface area contributed by atoms with Crippen LogP contribution in [-0.4, -0.2) is 16.5 Å². The molecule has 86 valence electrons. The lowest BCUT2D eigenvalue weighted by Crippen LogP contribution is -2.16. The van der Waals surface area contributed by atoms with Gasteiger partial charge >= 0.3 is 0 Å². The Balaban J connectivity index is 1.98. The van der Waals surface area contributed by atoms with Crippen LogP contribution >= 0.6 is 0 Å². The first-order valence-corrected chi connectivity index (χ1v) is 6.22. The Morgan fingerprint density at radius 3 is 2.88 bits per heavy atom. The Hall–Kier alpha value is -1.16. The molecule has 0 unspecified atom stereocenters. The lowest BCUT2D eigenvalue weighted by molar-refractivity contribution is 0.400.